The largest absolute Gasteiger partial charge is 0.494 e. The fraction of sp³-hybridized carbons (Fsp3) is 0.333. The fourth-order valence-corrected chi connectivity index (χ4v) is 7.74. The lowest BCUT2D eigenvalue weighted by molar-refractivity contribution is 0.0983. The predicted octanol–water partition coefficient (Wildman–Crippen LogP) is 5.69. The number of hydrogen-bond donors (Lipinski definition) is 0. The molecule has 0 fully saturated rings. The van der Waals surface area contributed by atoms with Crippen molar-refractivity contribution < 1.29 is 17.9 Å². The van der Waals surface area contributed by atoms with Gasteiger partial charge in [-0.3, -0.25) is 9.69 Å². The lowest BCUT2D eigenvalue weighted by Crippen LogP contribution is -2.39. The summed E-state index contributed by atoms with van der Waals surface area (Å²) in [5.41, 5.74) is 3.18. The average molecular weight is 613 g/mol. The van der Waals surface area contributed by atoms with E-state index in [1.165, 1.54) is 33.3 Å². The van der Waals surface area contributed by atoms with E-state index in [0.29, 0.717) is 59.6 Å². The quantitative estimate of drug-likeness (QED) is 0.229. The van der Waals surface area contributed by atoms with Gasteiger partial charge < -0.3 is 9.64 Å². The third-order valence-electron chi connectivity index (χ3n) is 7.51. The van der Waals surface area contributed by atoms with E-state index in [-0.39, 0.29) is 10.8 Å². The molecule has 8 nitrogen and oxygen atoms in total. The van der Waals surface area contributed by atoms with Crippen molar-refractivity contribution in [1.29, 1.82) is 0 Å². The van der Waals surface area contributed by atoms with Gasteiger partial charge in [-0.1, -0.05) is 61.1 Å². The summed E-state index contributed by atoms with van der Waals surface area (Å²) in [4.78, 5) is 22.7. The zero-order valence-electron chi connectivity index (χ0n) is 23.3. The summed E-state index contributed by atoms with van der Waals surface area (Å²) >= 11 is 7.80. The van der Waals surface area contributed by atoms with Crippen molar-refractivity contribution in [3.8, 4) is 5.75 Å². The molecule has 41 heavy (non-hydrogen) atoms. The smallest absolute Gasteiger partial charge is 0.260 e. The van der Waals surface area contributed by atoms with Crippen LogP contribution in [0, 0.1) is 0 Å². The van der Waals surface area contributed by atoms with E-state index in [2.05, 4.69) is 18.7 Å². The van der Waals surface area contributed by atoms with Crippen LogP contribution in [0.15, 0.2) is 65.6 Å². The number of fused-ring (bicyclic) bond motifs is 2. The Hall–Kier alpha value is -3.02. The molecular formula is C30H33ClN4O4S2. The van der Waals surface area contributed by atoms with Crippen molar-refractivity contribution in [2.24, 2.45) is 0 Å². The Labute approximate surface area is 250 Å². The van der Waals surface area contributed by atoms with Crippen LogP contribution in [0.4, 0.5) is 5.13 Å². The van der Waals surface area contributed by atoms with Crippen molar-refractivity contribution in [2.75, 3.05) is 44.7 Å². The molecule has 1 amide bonds. The molecular weight excluding hydrogens is 580 g/mol. The van der Waals surface area contributed by atoms with Crippen molar-refractivity contribution in [1.82, 2.24) is 14.2 Å². The first-order valence-electron chi connectivity index (χ1n) is 13.6. The minimum atomic E-state index is -3.71. The third kappa shape index (κ3) is 5.98. The number of nitrogens with zero attached hydrogens (tertiary/aromatic N) is 4. The van der Waals surface area contributed by atoms with Gasteiger partial charge in [-0.05, 0) is 67.0 Å². The van der Waals surface area contributed by atoms with E-state index in [0.717, 1.165) is 23.4 Å². The predicted molar refractivity (Wildman–Crippen MR) is 165 cm³/mol. The number of halogens is 1. The Morgan fingerprint density at radius 1 is 1.02 bits per heavy atom. The van der Waals surface area contributed by atoms with Gasteiger partial charge in [0.15, 0.2) is 5.13 Å². The van der Waals surface area contributed by atoms with Crippen molar-refractivity contribution in [3.05, 3.63) is 82.4 Å². The number of carbonyl (C=O) groups is 1. The maximum atomic E-state index is 13.9. The molecule has 0 saturated carbocycles. The first-order chi connectivity index (χ1) is 19.8. The van der Waals surface area contributed by atoms with E-state index < -0.39 is 10.0 Å². The molecule has 1 aliphatic heterocycles. The molecule has 3 aromatic carbocycles. The van der Waals surface area contributed by atoms with Crippen LogP contribution in [0.2, 0.25) is 5.02 Å². The van der Waals surface area contributed by atoms with Gasteiger partial charge in [0.05, 0.1) is 21.7 Å². The Morgan fingerprint density at radius 3 is 2.41 bits per heavy atom. The molecule has 0 aliphatic carbocycles. The van der Waals surface area contributed by atoms with Crippen LogP contribution < -0.4 is 9.64 Å². The fourth-order valence-electron chi connectivity index (χ4n) is 5.04. The monoisotopic (exact) mass is 612 g/mol. The van der Waals surface area contributed by atoms with Crippen molar-refractivity contribution in [3.63, 3.8) is 0 Å². The summed E-state index contributed by atoms with van der Waals surface area (Å²) in [5, 5.41) is 1.04. The Bertz CT molecular complexity index is 1650. The van der Waals surface area contributed by atoms with Crippen LogP contribution in [-0.2, 0) is 23.0 Å². The lowest BCUT2D eigenvalue weighted by Gasteiger charge is -2.28. The average Bonchev–Trinajstić information content (AvgIpc) is 3.45. The number of aromatic nitrogens is 1. The lowest BCUT2D eigenvalue weighted by atomic mass is 10.0. The zero-order valence-corrected chi connectivity index (χ0v) is 25.7. The van der Waals surface area contributed by atoms with Crippen molar-refractivity contribution in [2.45, 2.75) is 31.7 Å². The molecule has 1 aliphatic rings. The first-order valence-corrected chi connectivity index (χ1v) is 16.2. The highest BCUT2D eigenvalue weighted by atomic mass is 35.5. The number of likely N-dealkylation sites (N-methyl/N-ethyl adjacent to an activating group) is 1. The topological polar surface area (TPSA) is 83.1 Å². The molecule has 0 saturated heterocycles. The molecule has 0 N–H and O–H groups in total. The molecule has 4 aromatic rings. The number of benzene rings is 3. The zero-order chi connectivity index (χ0) is 29.1. The molecule has 0 unspecified atom stereocenters. The standard InChI is InChI=1S/C30H33ClN4O4S2/c1-4-33(5-2)18-19-35(30-32-27-26(39-3)15-14-25(31)28(27)40-30)29(36)22-10-12-24(13-11-22)41(37,38)34-17-16-21-8-6-7-9-23(21)20-34/h6-15H,4-5,16-20H2,1-3H3. The first kappa shape index (κ1) is 29.5. The number of thiazole rings is 1. The third-order valence-corrected chi connectivity index (χ3v) is 10.9. The molecule has 216 valence electrons. The summed E-state index contributed by atoms with van der Waals surface area (Å²) in [6.07, 6.45) is 0.671. The van der Waals surface area contributed by atoms with E-state index in [4.69, 9.17) is 21.3 Å². The number of rotatable bonds is 10. The van der Waals surface area contributed by atoms with E-state index in [9.17, 15) is 13.2 Å². The van der Waals surface area contributed by atoms with Gasteiger partial charge >= 0.3 is 0 Å². The molecule has 2 heterocycles. The second-order valence-electron chi connectivity index (χ2n) is 9.79. The van der Waals surface area contributed by atoms with E-state index in [1.807, 2.05) is 24.3 Å². The number of methoxy groups -OCH3 is 1. The second kappa shape index (κ2) is 12.5. The van der Waals surface area contributed by atoms with Gasteiger partial charge in [-0.2, -0.15) is 4.31 Å². The summed E-state index contributed by atoms with van der Waals surface area (Å²) in [6.45, 7) is 7.69. The van der Waals surface area contributed by atoms with Crippen LogP contribution in [0.3, 0.4) is 0 Å². The van der Waals surface area contributed by atoms with E-state index in [1.54, 1.807) is 36.3 Å². The highest BCUT2D eigenvalue weighted by Crippen LogP contribution is 2.39. The molecule has 11 heteroatoms. The Morgan fingerprint density at radius 2 is 1.73 bits per heavy atom. The van der Waals surface area contributed by atoms with Gasteiger partial charge in [0, 0.05) is 31.7 Å². The van der Waals surface area contributed by atoms with Gasteiger partial charge in [0.2, 0.25) is 10.0 Å². The highest BCUT2D eigenvalue weighted by molar-refractivity contribution is 7.89. The molecule has 0 atom stereocenters. The molecule has 0 spiro atoms. The maximum absolute atomic E-state index is 13.9. The summed E-state index contributed by atoms with van der Waals surface area (Å²) in [6, 6.07) is 17.6. The Kier molecular flexibility index (Phi) is 8.96. The van der Waals surface area contributed by atoms with Gasteiger partial charge in [-0.25, -0.2) is 13.4 Å². The number of carbonyl (C=O) groups excluding carboxylic acids is 1. The van der Waals surface area contributed by atoms with Crippen LogP contribution >= 0.6 is 22.9 Å². The van der Waals surface area contributed by atoms with Gasteiger partial charge in [-0.15, -0.1) is 0 Å². The molecule has 1 aromatic heterocycles. The summed E-state index contributed by atoms with van der Waals surface area (Å²) < 4.78 is 34.6. The minimum Gasteiger partial charge on any atom is -0.494 e. The van der Waals surface area contributed by atoms with Crippen LogP contribution in [0.25, 0.3) is 10.2 Å². The molecule has 0 bridgehead atoms. The number of anilines is 1. The summed E-state index contributed by atoms with van der Waals surface area (Å²) in [7, 11) is -2.14. The number of amides is 1. The summed E-state index contributed by atoms with van der Waals surface area (Å²) in [5.74, 6) is 0.320. The van der Waals surface area contributed by atoms with Crippen molar-refractivity contribution >= 4 is 54.2 Å². The second-order valence-corrected chi connectivity index (χ2v) is 13.1. The minimum absolute atomic E-state index is 0.166. The molecule has 0 radical (unpaired) electrons. The number of sulfonamides is 1. The highest BCUT2D eigenvalue weighted by Gasteiger charge is 2.29. The van der Waals surface area contributed by atoms with Gasteiger partial charge in [0.1, 0.15) is 11.3 Å². The van der Waals surface area contributed by atoms with Crippen LogP contribution in [0.1, 0.15) is 35.3 Å². The van der Waals surface area contributed by atoms with E-state index >= 15 is 0 Å². The normalized spacial score (nSPS) is 13.9. The Balaban J connectivity index is 1.43. The number of ether oxygens (including phenoxy) is 1. The van der Waals surface area contributed by atoms with Crippen LogP contribution in [-0.4, -0.2) is 68.3 Å². The maximum Gasteiger partial charge on any atom is 0.260 e. The SMILES string of the molecule is CCN(CC)CCN(C(=O)c1ccc(S(=O)(=O)N2CCc3ccccc3C2)cc1)c1nc2c(OC)ccc(Cl)c2s1. The van der Waals surface area contributed by atoms with Gasteiger partial charge in [0.25, 0.3) is 5.91 Å². The molecule has 5 rings (SSSR count). The number of hydrogen-bond acceptors (Lipinski definition) is 7. The van der Waals surface area contributed by atoms with Crippen LogP contribution in [0.5, 0.6) is 5.75 Å².